The third-order valence-corrected chi connectivity index (χ3v) is 7.33. The summed E-state index contributed by atoms with van der Waals surface area (Å²) in [7, 11) is 0. The number of rotatable bonds is 2. The van der Waals surface area contributed by atoms with Crippen LogP contribution in [0.4, 0.5) is 0 Å². The minimum atomic E-state index is 1.04. The number of aromatic nitrogens is 3. The summed E-state index contributed by atoms with van der Waals surface area (Å²) in [6.07, 6.45) is 1.89. The fourth-order valence-corrected chi connectivity index (χ4v) is 5.85. The van der Waals surface area contributed by atoms with Crippen LogP contribution in [0.1, 0.15) is 0 Å². The summed E-state index contributed by atoms with van der Waals surface area (Å²) in [4.78, 5) is 4.78. The lowest BCUT2D eigenvalue weighted by atomic mass is 10.1. The third kappa shape index (κ3) is 2.60. The van der Waals surface area contributed by atoms with Gasteiger partial charge in [-0.05, 0) is 48.5 Å². The van der Waals surface area contributed by atoms with Gasteiger partial charge in [-0.25, -0.2) is 0 Å². The van der Waals surface area contributed by atoms with E-state index in [9.17, 15) is 0 Å². The summed E-state index contributed by atoms with van der Waals surface area (Å²) in [6, 6.07) is 43.4. The summed E-state index contributed by atoms with van der Waals surface area (Å²) in [5.41, 5.74) is 8.11. The number of pyridine rings is 1. The van der Waals surface area contributed by atoms with Gasteiger partial charge in [0.25, 0.3) is 0 Å². The molecule has 0 saturated carbocycles. The Kier molecular flexibility index (Phi) is 3.94. The fourth-order valence-electron chi connectivity index (χ4n) is 5.85. The van der Waals surface area contributed by atoms with Crippen LogP contribution in [-0.2, 0) is 0 Å². The van der Waals surface area contributed by atoms with Crippen LogP contribution >= 0.6 is 0 Å². The van der Waals surface area contributed by atoms with Crippen molar-refractivity contribution in [1.82, 2.24) is 14.1 Å². The molecule has 3 heterocycles. The molecule has 0 saturated heterocycles. The molecule has 168 valence electrons. The van der Waals surface area contributed by atoms with Gasteiger partial charge < -0.3 is 9.13 Å². The summed E-state index contributed by atoms with van der Waals surface area (Å²) < 4.78 is 4.75. The van der Waals surface area contributed by atoms with Gasteiger partial charge in [0.2, 0.25) is 0 Å². The molecule has 3 nitrogen and oxygen atoms in total. The molecule has 3 aromatic heterocycles. The summed E-state index contributed by atoms with van der Waals surface area (Å²) >= 11 is 0. The van der Waals surface area contributed by atoms with Crippen molar-refractivity contribution in [3.05, 3.63) is 128 Å². The maximum Gasteiger partial charge on any atom is 0.0802 e. The van der Waals surface area contributed by atoms with E-state index in [4.69, 9.17) is 4.98 Å². The number of hydrogen-bond donors (Lipinski definition) is 0. The van der Waals surface area contributed by atoms with Crippen molar-refractivity contribution < 1.29 is 0 Å². The largest absolute Gasteiger partial charge is 0.309 e. The van der Waals surface area contributed by atoms with Crippen LogP contribution in [0.5, 0.6) is 0 Å². The molecule has 8 aromatic rings. The van der Waals surface area contributed by atoms with Crippen LogP contribution in [0.15, 0.2) is 128 Å². The zero-order chi connectivity index (χ0) is 23.6. The Hall–Kier alpha value is -4.89. The number of fused-ring (bicyclic) bond motifs is 8. The van der Waals surface area contributed by atoms with Crippen LogP contribution < -0.4 is 0 Å². The monoisotopic (exact) mass is 459 g/mol. The highest BCUT2D eigenvalue weighted by Crippen LogP contribution is 2.37. The lowest BCUT2D eigenvalue weighted by Gasteiger charge is -2.13. The van der Waals surface area contributed by atoms with Gasteiger partial charge in [0.1, 0.15) is 0 Å². The van der Waals surface area contributed by atoms with Crippen LogP contribution in [-0.4, -0.2) is 14.1 Å². The molecule has 0 unspecified atom stereocenters. The number of nitrogens with zero attached hydrogens (tertiary/aromatic N) is 3. The topological polar surface area (TPSA) is 22.8 Å². The average Bonchev–Trinajstić information content (AvgIpc) is 3.46. The Morgan fingerprint density at radius 2 is 1.03 bits per heavy atom. The standard InChI is InChI=1S/C33H21N3/c1-4-15-28-25(12-1)26-13-2-5-16-29(26)35(28)23-10-7-11-24(21-23)36-30-17-6-3-14-27(30)32-31(36)19-18-22-9-8-20-34-33(22)32/h1-21H. The van der Waals surface area contributed by atoms with Crippen LogP contribution in [0.2, 0.25) is 0 Å². The highest BCUT2D eigenvalue weighted by atomic mass is 15.0. The van der Waals surface area contributed by atoms with Gasteiger partial charge in [-0.3, -0.25) is 4.98 Å². The molecular formula is C33H21N3. The third-order valence-electron chi connectivity index (χ3n) is 7.33. The molecule has 0 aliphatic heterocycles. The number of para-hydroxylation sites is 3. The van der Waals surface area contributed by atoms with E-state index in [2.05, 4.69) is 124 Å². The van der Waals surface area contributed by atoms with E-state index < -0.39 is 0 Å². The van der Waals surface area contributed by atoms with Crippen molar-refractivity contribution in [1.29, 1.82) is 0 Å². The Morgan fingerprint density at radius 1 is 0.444 bits per heavy atom. The molecule has 36 heavy (non-hydrogen) atoms. The first-order valence-corrected chi connectivity index (χ1v) is 12.2. The van der Waals surface area contributed by atoms with Gasteiger partial charge in [0.15, 0.2) is 0 Å². The molecular weight excluding hydrogens is 438 g/mol. The first-order valence-electron chi connectivity index (χ1n) is 12.2. The van der Waals surface area contributed by atoms with Crippen molar-refractivity contribution in [2.45, 2.75) is 0 Å². The molecule has 8 rings (SSSR count). The highest BCUT2D eigenvalue weighted by molar-refractivity contribution is 6.20. The quantitative estimate of drug-likeness (QED) is 0.254. The maximum atomic E-state index is 4.78. The Morgan fingerprint density at radius 3 is 1.72 bits per heavy atom. The van der Waals surface area contributed by atoms with Gasteiger partial charge in [-0.2, -0.15) is 0 Å². The second-order valence-electron chi connectivity index (χ2n) is 9.28. The number of hydrogen-bond acceptors (Lipinski definition) is 1. The highest BCUT2D eigenvalue weighted by Gasteiger charge is 2.16. The van der Waals surface area contributed by atoms with Gasteiger partial charge in [-0.1, -0.05) is 72.8 Å². The first kappa shape index (κ1) is 19.4. The zero-order valence-electron chi connectivity index (χ0n) is 19.5. The maximum absolute atomic E-state index is 4.78. The second kappa shape index (κ2) is 7.30. The van der Waals surface area contributed by atoms with Gasteiger partial charge in [0.05, 0.1) is 27.6 Å². The lowest BCUT2D eigenvalue weighted by Crippen LogP contribution is -1.98. The van der Waals surface area contributed by atoms with E-state index in [1.54, 1.807) is 0 Å². The first-order chi connectivity index (χ1) is 17.9. The molecule has 0 aliphatic rings. The second-order valence-corrected chi connectivity index (χ2v) is 9.28. The average molecular weight is 460 g/mol. The fraction of sp³-hybridized carbons (Fsp3) is 0. The predicted octanol–water partition coefficient (Wildman–Crippen LogP) is 8.43. The zero-order valence-corrected chi connectivity index (χ0v) is 19.5. The molecule has 5 aromatic carbocycles. The summed E-state index contributed by atoms with van der Waals surface area (Å²) in [5, 5.41) is 6.12. The van der Waals surface area contributed by atoms with Crippen molar-refractivity contribution in [2.24, 2.45) is 0 Å². The van der Waals surface area contributed by atoms with Crippen LogP contribution in [0.25, 0.3) is 65.9 Å². The van der Waals surface area contributed by atoms with Crippen molar-refractivity contribution in [3.63, 3.8) is 0 Å². The molecule has 3 heteroatoms. The molecule has 0 fully saturated rings. The Balaban J connectivity index is 1.46. The molecule has 0 atom stereocenters. The number of benzene rings is 5. The van der Waals surface area contributed by atoms with E-state index in [1.807, 2.05) is 12.3 Å². The van der Waals surface area contributed by atoms with Gasteiger partial charge in [0, 0.05) is 44.5 Å². The SMILES string of the molecule is c1cc(-n2c3ccccc3c3ccccc32)cc(-n2c3ccccc3c3c4ncccc4ccc32)c1. The Bertz CT molecular complexity index is 2060. The molecule has 0 aliphatic carbocycles. The minimum Gasteiger partial charge on any atom is -0.309 e. The van der Waals surface area contributed by atoms with E-state index in [0.29, 0.717) is 0 Å². The Labute approximate surface area is 207 Å². The minimum absolute atomic E-state index is 1.04. The van der Waals surface area contributed by atoms with E-state index in [-0.39, 0.29) is 0 Å². The summed E-state index contributed by atoms with van der Waals surface area (Å²) in [6.45, 7) is 0. The normalized spacial score (nSPS) is 11.9. The molecule has 0 bridgehead atoms. The molecule has 0 amide bonds. The van der Waals surface area contributed by atoms with Gasteiger partial charge >= 0.3 is 0 Å². The lowest BCUT2D eigenvalue weighted by molar-refractivity contribution is 1.13. The smallest absolute Gasteiger partial charge is 0.0802 e. The van der Waals surface area contributed by atoms with Crippen LogP contribution in [0, 0.1) is 0 Å². The summed E-state index contributed by atoms with van der Waals surface area (Å²) in [5.74, 6) is 0. The molecule has 0 spiro atoms. The van der Waals surface area contributed by atoms with Crippen LogP contribution in [0.3, 0.4) is 0 Å². The molecule has 0 N–H and O–H groups in total. The predicted molar refractivity (Wildman–Crippen MR) is 150 cm³/mol. The van der Waals surface area contributed by atoms with E-state index in [0.717, 1.165) is 22.3 Å². The molecule has 0 radical (unpaired) electrons. The van der Waals surface area contributed by atoms with E-state index >= 15 is 0 Å². The van der Waals surface area contributed by atoms with Crippen molar-refractivity contribution in [3.8, 4) is 11.4 Å². The van der Waals surface area contributed by atoms with Gasteiger partial charge in [-0.15, -0.1) is 0 Å². The van der Waals surface area contributed by atoms with Crippen molar-refractivity contribution >= 4 is 54.5 Å². The van der Waals surface area contributed by atoms with Crippen molar-refractivity contribution in [2.75, 3.05) is 0 Å². The van der Waals surface area contributed by atoms with E-state index in [1.165, 1.54) is 43.6 Å².